The minimum absolute atomic E-state index is 0.0872. The highest BCUT2D eigenvalue weighted by atomic mass is 16.2. The van der Waals surface area contributed by atoms with Crippen LogP contribution in [0.2, 0.25) is 0 Å². The molecule has 31 heavy (non-hydrogen) atoms. The average Bonchev–Trinajstić information content (AvgIpc) is 3.56. The van der Waals surface area contributed by atoms with Crippen molar-refractivity contribution in [1.82, 2.24) is 20.0 Å². The molecule has 1 saturated heterocycles. The number of fused-ring (bicyclic) bond motifs is 1. The molecule has 8 heteroatoms. The second kappa shape index (κ2) is 8.67. The molecule has 3 aliphatic rings. The van der Waals surface area contributed by atoms with Gasteiger partial charge in [0.15, 0.2) is 0 Å². The average molecular weight is 424 g/mol. The van der Waals surface area contributed by atoms with Crippen LogP contribution >= 0.6 is 0 Å². The Morgan fingerprint density at radius 3 is 2.45 bits per heavy atom. The first kappa shape index (κ1) is 21.3. The van der Waals surface area contributed by atoms with Gasteiger partial charge in [-0.2, -0.15) is 5.26 Å². The zero-order chi connectivity index (χ0) is 22.1. The molecule has 4 rings (SSSR count). The Morgan fingerprint density at radius 2 is 1.84 bits per heavy atom. The molecule has 2 fully saturated rings. The van der Waals surface area contributed by atoms with Crippen molar-refractivity contribution in [2.24, 2.45) is 5.92 Å². The lowest BCUT2D eigenvalue weighted by atomic mass is 10.0. The first-order chi connectivity index (χ1) is 14.9. The first-order valence-electron chi connectivity index (χ1n) is 11.0. The van der Waals surface area contributed by atoms with Gasteiger partial charge in [-0.25, -0.2) is 0 Å². The Balaban J connectivity index is 1.34. The fourth-order valence-corrected chi connectivity index (χ4v) is 4.61. The summed E-state index contributed by atoms with van der Waals surface area (Å²) in [6.45, 7) is 6.34. The third-order valence-electron chi connectivity index (χ3n) is 6.43. The SMILES string of the molecule is CC(C)C(C#N)N1CCN(C(=O)CNC(=O)C2c3ccccc3C(=O)N2C2CC2)CC1. The number of rotatable bonds is 6. The zero-order valence-electron chi connectivity index (χ0n) is 18.1. The quantitative estimate of drug-likeness (QED) is 0.741. The summed E-state index contributed by atoms with van der Waals surface area (Å²) in [5, 5.41) is 12.1. The van der Waals surface area contributed by atoms with Crippen molar-refractivity contribution in [2.75, 3.05) is 32.7 Å². The molecule has 1 saturated carbocycles. The second-order valence-corrected chi connectivity index (χ2v) is 8.89. The monoisotopic (exact) mass is 423 g/mol. The summed E-state index contributed by atoms with van der Waals surface area (Å²) < 4.78 is 0. The lowest BCUT2D eigenvalue weighted by Crippen LogP contribution is -2.54. The van der Waals surface area contributed by atoms with E-state index in [2.05, 4.69) is 16.3 Å². The molecular formula is C23H29N5O3. The molecule has 0 aromatic heterocycles. The van der Waals surface area contributed by atoms with Crippen LogP contribution in [0.25, 0.3) is 0 Å². The lowest BCUT2D eigenvalue weighted by Gasteiger charge is -2.38. The van der Waals surface area contributed by atoms with Crippen LogP contribution in [0.15, 0.2) is 24.3 Å². The van der Waals surface area contributed by atoms with E-state index in [4.69, 9.17) is 0 Å². The van der Waals surface area contributed by atoms with E-state index < -0.39 is 6.04 Å². The number of carbonyl (C=O) groups excluding carboxylic acids is 3. The van der Waals surface area contributed by atoms with Crippen molar-refractivity contribution < 1.29 is 14.4 Å². The summed E-state index contributed by atoms with van der Waals surface area (Å²) in [7, 11) is 0. The molecule has 0 spiro atoms. The summed E-state index contributed by atoms with van der Waals surface area (Å²) in [4.78, 5) is 44.0. The van der Waals surface area contributed by atoms with Crippen molar-refractivity contribution in [1.29, 1.82) is 5.26 Å². The van der Waals surface area contributed by atoms with Crippen LogP contribution < -0.4 is 5.32 Å². The Labute approximate surface area is 182 Å². The molecular weight excluding hydrogens is 394 g/mol. The van der Waals surface area contributed by atoms with Gasteiger partial charge in [0, 0.05) is 37.8 Å². The van der Waals surface area contributed by atoms with Gasteiger partial charge in [-0.05, 0) is 30.4 Å². The molecule has 0 radical (unpaired) electrons. The molecule has 2 unspecified atom stereocenters. The molecule has 3 amide bonds. The van der Waals surface area contributed by atoms with Gasteiger partial charge in [0.2, 0.25) is 11.8 Å². The predicted molar refractivity (Wildman–Crippen MR) is 114 cm³/mol. The number of nitrogens with zero attached hydrogens (tertiary/aromatic N) is 4. The second-order valence-electron chi connectivity index (χ2n) is 8.89. The molecule has 1 N–H and O–H groups in total. The number of nitriles is 1. The van der Waals surface area contributed by atoms with Gasteiger partial charge >= 0.3 is 0 Å². The number of nitrogens with one attached hydrogen (secondary N) is 1. The fourth-order valence-electron chi connectivity index (χ4n) is 4.61. The number of piperazine rings is 1. The maximum atomic E-state index is 13.0. The van der Waals surface area contributed by atoms with Crippen LogP contribution in [0.5, 0.6) is 0 Å². The topological polar surface area (TPSA) is 96.7 Å². The van der Waals surface area contributed by atoms with Crippen molar-refractivity contribution in [3.8, 4) is 6.07 Å². The van der Waals surface area contributed by atoms with Gasteiger partial charge in [-0.15, -0.1) is 0 Å². The van der Waals surface area contributed by atoms with Gasteiger partial charge in [-0.3, -0.25) is 19.3 Å². The van der Waals surface area contributed by atoms with E-state index in [-0.39, 0.29) is 42.3 Å². The van der Waals surface area contributed by atoms with E-state index in [1.165, 1.54) is 0 Å². The van der Waals surface area contributed by atoms with Gasteiger partial charge in [0.05, 0.1) is 12.6 Å². The van der Waals surface area contributed by atoms with E-state index in [0.717, 1.165) is 12.8 Å². The summed E-state index contributed by atoms with van der Waals surface area (Å²) in [6.07, 6.45) is 1.82. The largest absolute Gasteiger partial charge is 0.345 e. The van der Waals surface area contributed by atoms with Gasteiger partial charge in [-0.1, -0.05) is 32.0 Å². The van der Waals surface area contributed by atoms with Crippen molar-refractivity contribution in [3.63, 3.8) is 0 Å². The van der Waals surface area contributed by atoms with E-state index in [0.29, 0.717) is 37.3 Å². The van der Waals surface area contributed by atoms with Gasteiger partial charge in [0.1, 0.15) is 12.1 Å². The van der Waals surface area contributed by atoms with Crippen LogP contribution in [0, 0.1) is 17.2 Å². The Bertz CT molecular complexity index is 912. The summed E-state index contributed by atoms with van der Waals surface area (Å²) >= 11 is 0. The molecule has 1 aliphatic carbocycles. The third-order valence-corrected chi connectivity index (χ3v) is 6.43. The maximum absolute atomic E-state index is 13.0. The minimum Gasteiger partial charge on any atom is -0.345 e. The highest BCUT2D eigenvalue weighted by molar-refractivity contribution is 6.05. The molecule has 8 nitrogen and oxygen atoms in total. The number of carbonyl (C=O) groups is 3. The van der Waals surface area contributed by atoms with E-state index >= 15 is 0 Å². The maximum Gasteiger partial charge on any atom is 0.255 e. The summed E-state index contributed by atoms with van der Waals surface area (Å²) in [5.74, 6) is -0.306. The fraction of sp³-hybridized carbons (Fsp3) is 0.565. The summed E-state index contributed by atoms with van der Waals surface area (Å²) in [6, 6.07) is 8.86. The molecule has 2 atom stereocenters. The van der Waals surface area contributed by atoms with Crippen LogP contribution in [0.3, 0.4) is 0 Å². The van der Waals surface area contributed by atoms with Gasteiger partial charge < -0.3 is 15.1 Å². The van der Waals surface area contributed by atoms with Gasteiger partial charge in [0.25, 0.3) is 5.91 Å². The van der Waals surface area contributed by atoms with Crippen molar-refractivity contribution >= 4 is 17.7 Å². The minimum atomic E-state index is -0.664. The van der Waals surface area contributed by atoms with E-state index in [9.17, 15) is 19.6 Å². The lowest BCUT2D eigenvalue weighted by molar-refractivity contribution is -0.135. The highest BCUT2D eigenvalue weighted by Crippen LogP contribution is 2.41. The van der Waals surface area contributed by atoms with Crippen LogP contribution in [0.1, 0.15) is 48.7 Å². The third kappa shape index (κ3) is 4.15. The van der Waals surface area contributed by atoms with Crippen molar-refractivity contribution in [2.45, 2.75) is 44.8 Å². The van der Waals surface area contributed by atoms with Crippen LogP contribution in [-0.2, 0) is 9.59 Å². The standard InChI is InChI=1S/C23H29N5O3/c1-15(2)19(13-24)26-9-11-27(12-10-26)20(29)14-25-22(30)21-17-5-3-4-6-18(17)23(31)28(21)16-7-8-16/h3-6,15-16,19,21H,7-12,14H2,1-2H3,(H,25,30). The highest BCUT2D eigenvalue weighted by Gasteiger charge is 2.47. The Kier molecular flexibility index (Phi) is 5.96. The number of hydrogen-bond donors (Lipinski definition) is 1. The molecule has 0 bridgehead atoms. The molecule has 2 aliphatic heterocycles. The van der Waals surface area contributed by atoms with Crippen LogP contribution in [-0.4, -0.2) is 77.2 Å². The van der Waals surface area contributed by atoms with Crippen LogP contribution in [0.4, 0.5) is 0 Å². The smallest absolute Gasteiger partial charge is 0.255 e. The van der Waals surface area contributed by atoms with E-state index in [1.807, 2.05) is 26.0 Å². The zero-order valence-corrected chi connectivity index (χ0v) is 18.1. The molecule has 1 aromatic carbocycles. The normalized spacial score (nSPS) is 22.3. The number of benzene rings is 1. The molecule has 164 valence electrons. The van der Waals surface area contributed by atoms with E-state index in [1.54, 1.807) is 21.9 Å². The Hall–Kier alpha value is -2.92. The summed E-state index contributed by atoms with van der Waals surface area (Å²) in [5.41, 5.74) is 1.29. The number of hydrogen-bond acceptors (Lipinski definition) is 5. The number of amides is 3. The molecule has 2 heterocycles. The first-order valence-corrected chi connectivity index (χ1v) is 11.0. The molecule has 1 aromatic rings. The van der Waals surface area contributed by atoms with Crippen molar-refractivity contribution in [3.05, 3.63) is 35.4 Å². The Morgan fingerprint density at radius 1 is 1.16 bits per heavy atom. The predicted octanol–water partition coefficient (Wildman–Crippen LogP) is 1.15.